The monoisotopic (exact) mass is 281 g/mol. The third-order valence-corrected chi connectivity index (χ3v) is 3.33. The molecule has 1 aliphatic rings. The van der Waals surface area contributed by atoms with Gasteiger partial charge < -0.3 is 19.5 Å². The Morgan fingerprint density at radius 3 is 2.80 bits per heavy atom. The number of nitrogens with one attached hydrogen (secondary N) is 1. The summed E-state index contributed by atoms with van der Waals surface area (Å²) in [5.41, 5.74) is 0. The van der Waals surface area contributed by atoms with Crippen LogP contribution in [0.25, 0.3) is 0 Å². The number of ether oxygens (including phenoxy) is 1. The molecule has 0 atom stereocenters. The van der Waals surface area contributed by atoms with Crippen LogP contribution in [0.15, 0.2) is 9.52 Å². The number of likely N-dealkylation sites (tertiary alicyclic amines) is 1. The highest BCUT2D eigenvalue weighted by Crippen LogP contribution is 2.13. The van der Waals surface area contributed by atoms with E-state index in [1.165, 1.54) is 0 Å². The fourth-order valence-corrected chi connectivity index (χ4v) is 2.37. The van der Waals surface area contributed by atoms with Crippen molar-refractivity contribution in [2.75, 3.05) is 26.7 Å². The summed E-state index contributed by atoms with van der Waals surface area (Å²) in [4.78, 5) is 10.7. The molecule has 7 heteroatoms. The second-order valence-corrected chi connectivity index (χ2v) is 4.77. The molecule has 0 saturated carbocycles. The Balaban J connectivity index is 1.81. The first-order valence-electron chi connectivity index (χ1n) is 7.09. The van der Waals surface area contributed by atoms with Crippen LogP contribution in [-0.4, -0.2) is 53.8 Å². The second kappa shape index (κ2) is 7.23. The zero-order valence-electron chi connectivity index (χ0n) is 12.4. The lowest BCUT2D eigenvalue weighted by Crippen LogP contribution is -2.46. The number of nitrogens with zero attached hydrogens (tertiary/aromatic N) is 4. The molecule has 0 radical (unpaired) electrons. The normalized spacial score (nSPS) is 17.6. The fourth-order valence-electron chi connectivity index (χ4n) is 2.37. The van der Waals surface area contributed by atoms with E-state index in [-0.39, 0.29) is 0 Å². The van der Waals surface area contributed by atoms with E-state index < -0.39 is 0 Å². The lowest BCUT2D eigenvalue weighted by atomic mass is 10.1. The topological polar surface area (TPSA) is 75.8 Å². The van der Waals surface area contributed by atoms with Gasteiger partial charge in [0.15, 0.2) is 11.8 Å². The molecular weight excluding hydrogens is 258 g/mol. The molecule has 20 heavy (non-hydrogen) atoms. The predicted molar refractivity (Wildman–Crippen MR) is 75.5 cm³/mol. The van der Waals surface area contributed by atoms with Crippen molar-refractivity contribution >= 4 is 5.96 Å². The molecule has 1 aromatic heterocycles. The second-order valence-electron chi connectivity index (χ2n) is 4.77. The van der Waals surface area contributed by atoms with E-state index in [1.54, 1.807) is 14.0 Å². The van der Waals surface area contributed by atoms with Crippen molar-refractivity contribution in [3.8, 4) is 0 Å². The molecule has 1 saturated heterocycles. The van der Waals surface area contributed by atoms with Crippen molar-refractivity contribution in [2.24, 2.45) is 4.99 Å². The van der Waals surface area contributed by atoms with E-state index in [1.807, 2.05) is 6.92 Å². The van der Waals surface area contributed by atoms with Crippen molar-refractivity contribution in [2.45, 2.75) is 39.3 Å². The molecule has 2 heterocycles. The molecule has 0 amide bonds. The minimum absolute atomic E-state index is 0.384. The van der Waals surface area contributed by atoms with Crippen molar-refractivity contribution in [3.05, 3.63) is 11.7 Å². The maximum absolute atomic E-state index is 5.66. The van der Waals surface area contributed by atoms with Gasteiger partial charge in [-0.15, -0.1) is 0 Å². The van der Waals surface area contributed by atoms with Crippen LogP contribution in [0.3, 0.4) is 0 Å². The summed E-state index contributed by atoms with van der Waals surface area (Å²) >= 11 is 0. The Kier molecular flexibility index (Phi) is 5.34. The Morgan fingerprint density at radius 1 is 1.50 bits per heavy atom. The number of rotatable bonds is 4. The molecule has 0 bridgehead atoms. The summed E-state index contributed by atoms with van der Waals surface area (Å²) in [6.45, 7) is 7.04. The predicted octanol–water partition coefficient (Wildman–Crippen LogP) is 0.954. The van der Waals surface area contributed by atoms with Crippen LogP contribution in [0.2, 0.25) is 0 Å². The zero-order valence-corrected chi connectivity index (χ0v) is 12.4. The van der Waals surface area contributed by atoms with Gasteiger partial charge in [-0.25, -0.2) is 0 Å². The van der Waals surface area contributed by atoms with Crippen LogP contribution in [0.5, 0.6) is 0 Å². The number of aryl methyl sites for hydroxylation is 1. The van der Waals surface area contributed by atoms with Gasteiger partial charge in [0.2, 0.25) is 5.89 Å². The van der Waals surface area contributed by atoms with Gasteiger partial charge in [-0.1, -0.05) is 5.16 Å². The quantitative estimate of drug-likeness (QED) is 0.654. The van der Waals surface area contributed by atoms with Gasteiger partial charge in [0.1, 0.15) is 0 Å². The largest absolute Gasteiger partial charge is 0.378 e. The van der Waals surface area contributed by atoms with Crippen molar-refractivity contribution < 1.29 is 9.26 Å². The molecule has 1 aliphatic heterocycles. The molecule has 7 nitrogen and oxygen atoms in total. The summed E-state index contributed by atoms with van der Waals surface area (Å²) in [7, 11) is 1.79. The van der Waals surface area contributed by atoms with E-state index in [9.17, 15) is 0 Å². The van der Waals surface area contributed by atoms with Gasteiger partial charge in [-0.3, -0.25) is 4.99 Å². The highest BCUT2D eigenvalue weighted by molar-refractivity contribution is 5.79. The molecule has 0 aromatic carbocycles. The molecule has 1 N–H and O–H groups in total. The van der Waals surface area contributed by atoms with Crippen LogP contribution < -0.4 is 5.32 Å². The Bertz CT molecular complexity index is 438. The molecule has 0 spiro atoms. The first kappa shape index (κ1) is 14.8. The number of hydrogen-bond donors (Lipinski definition) is 1. The van der Waals surface area contributed by atoms with Crippen molar-refractivity contribution in [3.63, 3.8) is 0 Å². The Hall–Kier alpha value is -1.63. The van der Waals surface area contributed by atoms with Crippen LogP contribution >= 0.6 is 0 Å². The van der Waals surface area contributed by atoms with E-state index >= 15 is 0 Å². The van der Waals surface area contributed by atoms with Crippen molar-refractivity contribution in [1.82, 2.24) is 20.4 Å². The van der Waals surface area contributed by atoms with Gasteiger partial charge in [-0.05, 0) is 19.8 Å². The van der Waals surface area contributed by atoms with Gasteiger partial charge in [0, 0.05) is 33.7 Å². The van der Waals surface area contributed by atoms with E-state index in [0.29, 0.717) is 24.4 Å². The summed E-state index contributed by atoms with van der Waals surface area (Å²) in [6.07, 6.45) is 2.46. The summed E-state index contributed by atoms with van der Waals surface area (Å²) < 4.78 is 10.6. The van der Waals surface area contributed by atoms with Gasteiger partial charge in [0.05, 0.1) is 12.6 Å². The molecular formula is C13H23N5O2. The maximum atomic E-state index is 5.66. The molecule has 112 valence electrons. The van der Waals surface area contributed by atoms with Crippen LogP contribution in [0, 0.1) is 6.92 Å². The number of piperidine rings is 1. The highest BCUT2D eigenvalue weighted by atomic mass is 16.5. The number of guanidine groups is 1. The van der Waals surface area contributed by atoms with Crippen LogP contribution in [0.1, 0.15) is 31.5 Å². The maximum Gasteiger partial charge on any atom is 0.223 e. The molecule has 1 fully saturated rings. The summed E-state index contributed by atoms with van der Waals surface area (Å²) in [5.74, 6) is 2.10. The first-order valence-corrected chi connectivity index (χ1v) is 7.09. The van der Waals surface area contributed by atoms with E-state index in [0.717, 1.165) is 38.5 Å². The van der Waals surface area contributed by atoms with E-state index in [2.05, 4.69) is 25.3 Å². The number of aromatic nitrogens is 2. The minimum Gasteiger partial charge on any atom is -0.378 e. The van der Waals surface area contributed by atoms with Gasteiger partial charge in [0.25, 0.3) is 0 Å². The first-order chi connectivity index (χ1) is 9.72. The molecule has 2 rings (SSSR count). The lowest BCUT2D eigenvalue weighted by molar-refractivity contribution is 0.0263. The fraction of sp³-hybridized carbons (Fsp3) is 0.769. The van der Waals surface area contributed by atoms with Gasteiger partial charge in [-0.2, -0.15) is 4.98 Å². The Morgan fingerprint density at radius 2 is 2.25 bits per heavy atom. The van der Waals surface area contributed by atoms with Crippen LogP contribution in [0.4, 0.5) is 0 Å². The molecule has 1 aromatic rings. The SMILES string of the molecule is CCOC1CCN(C(=NC)NCc2noc(C)n2)CC1. The number of hydrogen-bond acceptors (Lipinski definition) is 5. The highest BCUT2D eigenvalue weighted by Gasteiger charge is 2.21. The minimum atomic E-state index is 0.384. The van der Waals surface area contributed by atoms with Crippen molar-refractivity contribution in [1.29, 1.82) is 0 Å². The molecule has 0 aliphatic carbocycles. The van der Waals surface area contributed by atoms with Gasteiger partial charge >= 0.3 is 0 Å². The van der Waals surface area contributed by atoms with E-state index in [4.69, 9.17) is 9.26 Å². The number of aliphatic imine (C=N–C) groups is 1. The zero-order chi connectivity index (χ0) is 14.4. The molecule has 0 unspecified atom stereocenters. The van der Waals surface area contributed by atoms with Crippen LogP contribution in [-0.2, 0) is 11.3 Å². The summed E-state index contributed by atoms with van der Waals surface area (Å²) in [5, 5.41) is 7.13. The third kappa shape index (κ3) is 3.93. The smallest absolute Gasteiger partial charge is 0.223 e. The average molecular weight is 281 g/mol. The standard InChI is InChI=1S/C13H23N5O2/c1-4-19-11-5-7-18(8-6-11)13(14-3)15-9-12-16-10(2)20-17-12/h11H,4-9H2,1-3H3,(H,14,15). The summed E-state index contributed by atoms with van der Waals surface area (Å²) in [6, 6.07) is 0. The Labute approximate surface area is 119 Å². The lowest BCUT2D eigenvalue weighted by Gasteiger charge is -2.33. The third-order valence-electron chi connectivity index (χ3n) is 3.33. The average Bonchev–Trinajstić information content (AvgIpc) is 2.87.